The van der Waals surface area contributed by atoms with Crippen LogP contribution in [0.3, 0.4) is 0 Å². The van der Waals surface area contributed by atoms with Gasteiger partial charge in [-0.3, -0.25) is 4.99 Å². The lowest BCUT2D eigenvalue weighted by Crippen LogP contribution is -2.51. The summed E-state index contributed by atoms with van der Waals surface area (Å²) in [5.74, 6) is 0.636. The van der Waals surface area contributed by atoms with E-state index in [4.69, 9.17) is 5.73 Å². The van der Waals surface area contributed by atoms with Gasteiger partial charge in [0.05, 0.1) is 17.8 Å². The Kier molecular flexibility index (Phi) is 3.95. The van der Waals surface area contributed by atoms with Gasteiger partial charge in [-0.25, -0.2) is 0 Å². The quantitative estimate of drug-likeness (QED) is 0.924. The van der Waals surface area contributed by atoms with Crippen molar-refractivity contribution in [2.45, 2.75) is 38.6 Å². The molecule has 1 aliphatic heterocycles. The van der Waals surface area contributed by atoms with Crippen molar-refractivity contribution in [2.24, 2.45) is 10.7 Å². The standard InChI is InChI=1S/C14H20BrN3/c1-3-9-14(4-2)10-17-13(16)18(14)12-8-6-5-7-11(12)15/h5-8H,3-4,9-10H2,1-2H3,(H2,16,17). The molecule has 0 saturated heterocycles. The van der Waals surface area contributed by atoms with Crippen LogP contribution in [0.5, 0.6) is 0 Å². The molecule has 1 aromatic rings. The number of nitrogens with zero attached hydrogens (tertiary/aromatic N) is 2. The molecule has 1 unspecified atom stereocenters. The molecule has 2 N–H and O–H groups in total. The number of guanidine groups is 1. The topological polar surface area (TPSA) is 41.6 Å². The molecule has 98 valence electrons. The van der Waals surface area contributed by atoms with Gasteiger partial charge >= 0.3 is 0 Å². The normalized spacial score (nSPS) is 23.3. The highest BCUT2D eigenvalue weighted by molar-refractivity contribution is 9.10. The summed E-state index contributed by atoms with van der Waals surface area (Å²) >= 11 is 3.61. The molecule has 1 aromatic carbocycles. The van der Waals surface area contributed by atoms with E-state index in [1.165, 1.54) is 0 Å². The largest absolute Gasteiger partial charge is 0.369 e. The maximum absolute atomic E-state index is 6.12. The summed E-state index contributed by atoms with van der Waals surface area (Å²) < 4.78 is 1.07. The molecule has 1 aliphatic rings. The molecule has 0 saturated carbocycles. The van der Waals surface area contributed by atoms with Crippen LogP contribution in [0.25, 0.3) is 0 Å². The van der Waals surface area contributed by atoms with Gasteiger partial charge in [0.2, 0.25) is 0 Å². The fourth-order valence-corrected chi connectivity index (χ4v) is 3.19. The lowest BCUT2D eigenvalue weighted by molar-refractivity contribution is 0.403. The summed E-state index contributed by atoms with van der Waals surface area (Å²) in [7, 11) is 0. The second-order valence-electron chi connectivity index (χ2n) is 4.79. The third-order valence-corrected chi connectivity index (χ3v) is 4.38. The van der Waals surface area contributed by atoms with Crippen molar-refractivity contribution >= 4 is 27.6 Å². The Labute approximate surface area is 117 Å². The molecular weight excluding hydrogens is 290 g/mol. The van der Waals surface area contributed by atoms with E-state index in [0.717, 1.165) is 36.0 Å². The lowest BCUT2D eigenvalue weighted by Gasteiger charge is -2.39. The van der Waals surface area contributed by atoms with Crippen LogP contribution in [0.4, 0.5) is 5.69 Å². The van der Waals surface area contributed by atoms with Crippen LogP contribution < -0.4 is 10.6 Å². The Bertz CT molecular complexity index is 458. The summed E-state index contributed by atoms with van der Waals surface area (Å²) in [6.45, 7) is 5.22. The molecule has 0 spiro atoms. The van der Waals surface area contributed by atoms with Gasteiger partial charge in [-0.2, -0.15) is 0 Å². The molecule has 0 bridgehead atoms. The van der Waals surface area contributed by atoms with E-state index >= 15 is 0 Å². The van der Waals surface area contributed by atoms with Crippen molar-refractivity contribution in [1.82, 2.24) is 0 Å². The molecular formula is C14H20BrN3. The van der Waals surface area contributed by atoms with Crippen LogP contribution in [0.15, 0.2) is 33.7 Å². The molecule has 1 heterocycles. The van der Waals surface area contributed by atoms with Crippen molar-refractivity contribution in [2.75, 3.05) is 11.4 Å². The summed E-state index contributed by atoms with van der Waals surface area (Å²) in [6, 6.07) is 8.20. The van der Waals surface area contributed by atoms with Crippen molar-refractivity contribution < 1.29 is 0 Å². The molecule has 0 amide bonds. The van der Waals surface area contributed by atoms with E-state index in [-0.39, 0.29) is 5.54 Å². The van der Waals surface area contributed by atoms with Gasteiger partial charge in [-0.1, -0.05) is 32.4 Å². The molecule has 2 rings (SSSR count). The third-order valence-electron chi connectivity index (χ3n) is 3.71. The van der Waals surface area contributed by atoms with E-state index in [2.05, 4.69) is 45.7 Å². The van der Waals surface area contributed by atoms with E-state index < -0.39 is 0 Å². The molecule has 1 atom stereocenters. The number of rotatable bonds is 4. The van der Waals surface area contributed by atoms with Crippen molar-refractivity contribution in [1.29, 1.82) is 0 Å². The summed E-state index contributed by atoms with van der Waals surface area (Å²) in [5, 5.41) is 0. The molecule has 18 heavy (non-hydrogen) atoms. The number of hydrogen-bond donors (Lipinski definition) is 1. The highest BCUT2D eigenvalue weighted by Gasteiger charge is 2.41. The van der Waals surface area contributed by atoms with E-state index in [9.17, 15) is 0 Å². The Morgan fingerprint density at radius 1 is 1.39 bits per heavy atom. The van der Waals surface area contributed by atoms with Gasteiger partial charge < -0.3 is 10.6 Å². The lowest BCUT2D eigenvalue weighted by atomic mass is 9.89. The first-order chi connectivity index (χ1) is 8.64. The number of aliphatic imine (C=N–C) groups is 1. The van der Waals surface area contributed by atoms with Crippen molar-refractivity contribution in [3.8, 4) is 0 Å². The Morgan fingerprint density at radius 3 is 2.72 bits per heavy atom. The van der Waals surface area contributed by atoms with Gasteiger partial charge in [0.25, 0.3) is 0 Å². The number of halogens is 1. The Hall–Kier alpha value is -1.03. The predicted molar refractivity (Wildman–Crippen MR) is 81.0 cm³/mol. The molecule has 0 aromatic heterocycles. The fourth-order valence-electron chi connectivity index (χ4n) is 2.73. The zero-order valence-corrected chi connectivity index (χ0v) is 12.6. The number of benzene rings is 1. The smallest absolute Gasteiger partial charge is 0.196 e. The maximum atomic E-state index is 6.12. The zero-order chi connectivity index (χ0) is 13.2. The fraction of sp³-hybridized carbons (Fsp3) is 0.500. The first kappa shape index (κ1) is 13.4. The molecule has 4 heteroatoms. The van der Waals surface area contributed by atoms with Crippen LogP contribution in [0.2, 0.25) is 0 Å². The predicted octanol–water partition coefficient (Wildman–Crippen LogP) is 3.53. The summed E-state index contributed by atoms with van der Waals surface area (Å²) in [5.41, 5.74) is 7.28. The van der Waals surface area contributed by atoms with Crippen LogP contribution >= 0.6 is 15.9 Å². The van der Waals surface area contributed by atoms with E-state index in [1.54, 1.807) is 0 Å². The summed E-state index contributed by atoms with van der Waals surface area (Å²) in [6.07, 6.45) is 3.29. The van der Waals surface area contributed by atoms with Crippen molar-refractivity contribution in [3.05, 3.63) is 28.7 Å². The van der Waals surface area contributed by atoms with Gasteiger partial charge in [0, 0.05) is 4.47 Å². The molecule has 0 radical (unpaired) electrons. The average molecular weight is 310 g/mol. The average Bonchev–Trinajstić information content (AvgIpc) is 2.69. The third kappa shape index (κ3) is 2.14. The molecule has 0 fully saturated rings. The number of nitrogens with two attached hydrogens (primary N) is 1. The second-order valence-corrected chi connectivity index (χ2v) is 5.64. The van der Waals surface area contributed by atoms with Crippen LogP contribution in [-0.2, 0) is 0 Å². The van der Waals surface area contributed by atoms with Gasteiger partial charge in [-0.15, -0.1) is 0 Å². The maximum Gasteiger partial charge on any atom is 0.196 e. The second kappa shape index (κ2) is 5.31. The minimum absolute atomic E-state index is 0.0444. The number of anilines is 1. The van der Waals surface area contributed by atoms with Crippen molar-refractivity contribution in [3.63, 3.8) is 0 Å². The molecule has 0 aliphatic carbocycles. The minimum Gasteiger partial charge on any atom is -0.369 e. The number of hydrogen-bond acceptors (Lipinski definition) is 3. The van der Waals surface area contributed by atoms with Crippen LogP contribution in [0.1, 0.15) is 33.1 Å². The molecule has 3 nitrogen and oxygen atoms in total. The van der Waals surface area contributed by atoms with Gasteiger partial charge in [-0.05, 0) is 40.9 Å². The van der Waals surface area contributed by atoms with E-state index in [1.807, 2.05) is 18.2 Å². The van der Waals surface area contributed by atoms with E-state index in [0.29, 0.717) is 5.96 Å². The first-order valence-corrected chi connectivity index (χ1v) is 7.28. The monoisotopic (exact) mass is 309 g/mol. The minimum atomic E-state index is 0.0444. The first-order valence-electron chi connectivity index (χ1n) is 6.49. The summed E-state index contributed by atoms with van der Waals surface area (Å²) in [4.78, 5) is 6.69. The van der Waals surface area contributed by atoms with Crippen LogP contribution in [0, 0.1) is 0 Å². The Morgan fingerprint density at radius 2 is 2.11 bits per heavy atom. The Balaban J connectivity index is 2.45. The zero-order valence-electron chi connectivity index (χ0n) is 11.0. The highest BCUT2D eigenvalue weighted by atomic mass is 79.9. The SMILES string of the molecule is CCCC1(CC)CN=C(N)N1c1ccccc1Br. The van der Waals surface area contributed by atoms with Crippen LogP contribution in [-0.4, -0.2) is 18.0 Å². The number of para-hydroxylation sites is 1. The van der Waals surface area contributed by atoms with Gasteiger partial charge in [0.15, 0.2) is 5.96 Å². The van der Waals surface area contributed by atoms with Gasteiger partial charge in [0.1, 0.15) is 0 Å². The highest BCUT2D eigenvalue weighted by Crippen LogP contribution is 2.38.